The Morgan fingerprint density at radius 3 is 2.29 bits per heavy atom. The summed E-state index contributed by atoms with van der Waals surface area (Å²) in [5.41, 5.74) is 2.02. The first-order chi connectivity index (χ1) is 16.4. The first-order valence-electron chi connectivity index (χ1n) is 11.0. The van der Waals surface area contributed by atoms with Gasteiger partial charge in [-0.25, -0.2) is 13.4 Å². The summed E-state index contributed by atoms with van der Waals surface area (Å²) < 4.78 is 29.7. The molecule has 0 saturated carbocycles. The van der Waals surface area contributed by atoms with Crippen molar-refractivity contribution in [2.24, 2.45) is 7.05 Å². The SMILES string of the molecule is Cn1cnc(C(=O)Nc2ccc(N3CCN(S(=O)(=O)c4ccc5ccccc5c4)CC3)cc2)c1. The maximum Gasteiger partial charge on any atom is 0.275 e. The van der Waals surface area contributed by atoms with E-state index in [4.69, 9.17) is 0 Å². The molecule has 1 N–H and O–H groups in total. The molecule has 0 aliphatic carbocycles. The number of anilines is 2. The van der Waals surface area contributed by atoms with Crippen molar-refractivity contribution in [1.82, 2.24) is 13.9 Å². The second-order valence-corrected chi connectivity index (χ2v) is 10.3. The number of aromatic nitrogens is 2. The van der Waals surface area contributed by atoms with Gasteiger partial charge in [0.05, 0.1) is 11.2 Å². The number of nitrogens with zero attached hydrogens (tertiary/aromatic N) is 4. The van der Waals surface area contributed by atoms with Crippen molar-refractivity contribution in [3.63, 3.8) is 0 Å². The number of piperazine rings is 1. The van der Waals surface area contributed by atoms with Crippen LogP contribution in [0.2, 0.25) is 0 Å². The van der Waals surface area contributed by atoms with Crippen LogP contribution in [0.3, 0.4) is 0 Å². The number of sulfonamides is 1. The molecular weight excluding hydrogens is 450 g/mol. The van der Waals surface area contributed by atoms with Crippen LogP contribution in [0.5, 0.6) is 0 Å². The molecule has 5 rings (SSSR count). The molecule has 1 saturated heterocycles. The molecule has 0 atom stereocenters. The Balaban J connectivity index is 1.22. The van der Waals surface area contributed by atoms with Gasteiger partial charge in [0.15, 0.2) is 0 Å². The van der Waals surface area contributed by atoms with Gasteiger partial charge in [-0.05, 0) is 47.2 Å². The predicted molar refractivity (Wildman–Crippen MR) is 133 cm³/mol. The molecule has 2 heterocycles. The number of aryl methyl sites for hydroxylation is 1. The predicted octanol–water partition coefficient (Wildman–Crippen LogP) is 3.34. The molecule has 0 spiro atoms. The van der Waals surface area contributed by atoms with Crippen LogP contribution in [-0.4, -0.2) is 54.4 Å². The van der Waals surface area contributed by atoms with Gasteiger partial charge >= 0.3 is 0 Å². The van der Waals surface area contributed by atoms with E-state index in [0.717, 1.165) is 16.5 Å². The van der Waals surface area contributed by atoms with Crippen LogP contribution in [0.4, 0.5) is 11.4 Å². The third kappa shape index (κ3) is 4.40. The zero-order chi connectivity index (χ0) is 23.7. The third-order valence-corrected chi connectivity index (χ3v) is 7.92. The first-order valence-corrected chi connectivity index (χ1v) is 12.5. The summed E-state index contributed by atoms with van der Waals surface area (Å²) in [6, 6.07) is 20.6. The normalized spacial score (nSPS) is 14.9. The molecule has 0 bridgehead atoms. The van der Waals surface area contributed by atoms with Gasteiger partial charge in [0.25, 0.3) is 5.91 Å². The molecule has 8 nitrogen and oxygen atoms in total. The third-order valence-electron chi connectivity index (χ3n) is 6.03. The van der Waals surface area contributed by atoms with Crippen LogP contribution in [0.25, 0.3) is 10.8 Å². The number of benzene rings is 3. The fourth-order valence-electron chi connectivity index (χ4n) is 4.14. The Morgan fingerprint density at radius 2 is 1.62 bits per heavy atom. The lowest BCUT2D eigenvalue weighted by atomic mass is 10.1. The van der Waals surface area contributed by atoms with E-state index >= 15 is 0 Å². The molecule has 0 unspecified atom stereocenters. The van der Waals surface area contributed by atoms with Crippen molar-refractivity contribution in [3.8, 4) is 0 Å². The van der Waals surface area contributed by atoms with E-state index in [1.807, 2.05) is 61.6 Å². The monoisotopic (exact) mass is 475 g/mol. The number of hydrogen-bond donors (Lipinski definition) is 1. The molecule has 1 fully saturated rings. The zero-order valence-electron chi connectivity index (χ0n) is 18.8. The van der Waals surface area contributed by atoms with Crippen molar-refractivity contribution < 1.29 is 13.2 Å². The van der Waals surface area contributed by atoms with E-state index in [0.29, 0.717) is 42.5 Å². The van der Waals surface area contributed by atoms with Crippen LogP contribution < -0.4 is 10.2 Å². The first kappa shape index (κ1) is 22.1. The van der Waals surface area contributed by atoms with E-state index in [1.165, 1.54) is 0 Å². The second kappa shape index (κ2) is 8.92. The van der Waals surface area contributed by atoms with Crippen molar-refractivity contribution in [3.05, 3.63) is 84.9 Å². The quantitative estimate of drug-likeness (QED) is 0.478. The Bertz CT molecular complexity index is 1440. The Labute approximate surface area is 198 Å². The Morgan fingerprint density at radius 1 is 0.912 bits per heavy atom. The minimum absolute atomic E-state index is 0.263. The van der Waals surface area contributed by atoms with Crippen molar-refractivity contribution in [2.75, 3.05) is 36.4 Å². The van der Waals surface area contributed by atoms with E-state index in [2.05, 4.69) is 15.2 Å². The highest BCUT2D eigenvalue weighted by Crippen LogP contribution is 2.25. The van der Waals surface area contributed by atoms with Gasteiger partial charge in [-0.1, -0.05) is 30.3 Å². The van der Waals surface area contributed by atoms with Crippen molar-refractivity contribution in [2.45, 2.75) is 4.90 Å². The van der Waals surface area contributed by atoms with E-state index < -0.39 is 10.0 Å². The molecule has 174 valence electrons. The highest BCUT2D eigenvalue weighted by Gasteiger charge is 2.28. The van der Waals surface area contributed by atoms with Gasteiger partial charge in [-0.2, -0.15) is 4.31 Å². The van der Waals surface area contributed by atoms with Crippen LogP contribution in [0.15, 0.2) is 84.1 Å². The van der Waals surface area contributed by atoms with Gasteiger partial charge < -0.3 is 14.8 Å². The Kier molecular flexibility index (Phi) is 5.80. The molecule has 4 aromatic rings. The van der Waals surface area contributed by atoms with Crippen LogP contribution in [0, 0.1) is 0 Å². The lowest BCUT2D eigenvalue weighted by Crippen LogP contribution is -2.48. The average Bonchev–Trinajstić information content (AvgIpc) is 3.31. The second-order valence-electron chi connectivity index (χ2n) is 8.33. The molecule has 9 heteroatoms. The zero-order valence-corrected chi connectivity index (χ0v) is 19.6. The highest BCUT2D eigenvalue weighted by molar-refractivity contribution is 7.89. The van der Waals surface area contributed by atoms with Gasteiger partial charge in [0.1, 0.15) is 5.69 Å². The van der Waals surface area contributed by atoms with Crippen LogP contribution >= 0.6 is 0 Å². The minimum Gasteiger partial charge on any atom is -0.369 e. The van der Waals surface area contributed by atoms with Crippen molar-refractivity contribution >= 4 is 38.1 Å². The summed E-state index contributed by atoms with van der Waals surface area (Å²) in [6.45, 7) is 2.00. The fraction of sp³-hybridized carbons (Fsp3) is 0.200. The van der Waals surface area contributed by atoms with E-state index in [1.54, 1.807) is 33.5 Å². The number of hydrogen-bond acceptors (Lipinski definition) is 5. The molecule has 1 aliphatic rings. The standard InChI is InChI=1S/C25H25N5O3S/c1-28-17-24(26-18-28)25(31)27-21-7-9-22(10-8-21)29-12-14-30(15-13-29)34(32,33)23-11-6-19-4-2-3-5-20(19)16-23/h2-11,16-18H,12-15H2,1H3,(H,27,31). The minimum atomic E-state index is -3.55. The molecular formula is C25H25N5O3S. The maximum atomic E-state index is 13.2. The number of carbonyl (C=O) groups is 1. The van der Waals surface area contributed by atoms with Crippen molar-refractivity contribution in [1.29, 1.82) is 0 Å². The van der Waals surface area contributed by atoms with Crippen LogP contribution in [0.1, 0.15) is 10.5 Å². The van der Waals surface area contributed by atoms with Gasteiger partial charge in [-0.15, -0.1) is 0 Å². The summed E-state index contributed by atoms with van der Waals surface area (Å²) in [5, 5.41) is 4.77. The van der Waals surface area contributed by atoms with Gasteiger partial charge in [0, 0.05) is 50.8 Å². The number of imidazole rings is 1. The average molecular weight is 476 g/mol. The van der Waals surface area contributed by atoms with Crippen LogP contribution in [-0.2, 0) is 17.1 Å². The summed E-state index contributed by atoms with van der Waals surface area (Å²) in [5.74, 6) is -0.263. The maximum absolute atomic E-state index is 13.2. The van der Waals surface area contributed by atoms with Gasteiger partial charge in [-0.3, -0.25) is 4.79 Å². The van der Waals surface area contributed by atoms with E-state index in [-0.39, 0.29) is 5.91 Å². The smallest absolute Gasteiger partial charge is 0.275 e. The molecule has 34 heavy (non-hydrogen) atoms. The topological polar surface area (TPSA) is 87.5 Å². The number of fused-ring (bicyclic) bond motifs is 1. The molecule has 1 amide bonds. The molecule has 1 aromatic heterocycles. The highest BCUT2D eigenvalue weighted by atomic mass is 32.2. The lowest BCUT2D eigenvalue weighted by molar-refractivity contribution is 0.102. The summed E-state index contributed by atoms with van der Waals surface area (Å²) in [4.78, 5) is 18.8. The largest absolute Gasteiger partial charge is 0.369 e. The number of amides is 1. The summed E-state index contributed by atoms with van der Waals surface area (Å²) >= 11 is 0. The number of carbonyl (C=O) groups excluding carboxylic acids is 1. The van der Waals surface area contributed by atoms with Gasteiger partial charge in [0.2, 0.25) is 10.0 Å². The molecule has 0 radical (unpaired) electrons. The van der Waals surface area contributed by atoms with E-state index in [9.17, 15) is 13.2 Å². The molecule has 1 aliphatic heterocycles. The fourth-order valence-corrected chi connectivity index (χ4v) is 5.60. The Hall–Kier alpha value is -3.69. The summed E-state index contributed by atoms with van der Waals surface area (Å²) in [6.07, 6.45) is 3.24. The number of nitrogens with one attached hydrogen (secondary N) is 1. The summed E-state index contributed by atoms with van der Waals surface area (Å²) in [7, 11) is -1.74. The lowest BCUT2D eigenvalue weighted by Gasteiger charge is -2.35. The number of rotatable bonds is 5. The molecule has 3 aromatic carbocycles.